The molecular formula is C14H18ClN3O. The smallest absolute Gasteiger partial charge is 0.165 e. The molecule has 0 saturated heterocycles. The minimum Gasteiger partial charge on any atom is -0.454 e. The Hall–Kier alpha value is -1.52. The Morgan fingerprint density at radius 3 is 2.95 bits per heavy atom. The summed E-state index contributed by atoms with van der Waals surface area (Å²) in [6.07, 6.45) is 4.61. The Balaban J connectivity index is 2.14. The molecule has 0 aliphatic heterocycles. The minimum absolute atomic E-state index is 0.665. The second kappa shape index (κ2) is 6.59. The lowest BCUT2D eigenvalue weighted by Crippen LogP contribution is -2.14. The zero-order valence-electron chi connectivity index (χ0n) is 11.2. The van der Waals surface area contributed by atoms with E-state index in [1.807, 2.05) is 31.4 Å². The maximum Gasteiger partial charge on any atom is 0.165 e. The minimum atomic E-state index is 0.665. The van der Waals surface area contributed by atoms with E-state index in [1.54, 1.807) is 10.9 Å². The molecule has 1 heterocycles. The summed E-state index contributed by atoms with van der Waals surface area (Å²) in [7, 11) is 1.86. The van der Waals surface area contributed by atoms with Gasteiger partial charge in [-0.2, -0.15) is 5.10 Å². The lowest BCUT2D eigenvalue weighted by Gasteiger charge is -2.11. The van der Waals surface area contributed by atoms with E-state index >= 15 is 0 Å². The maximum absolute atomic E-state index is 6.03. The predicted octanol–water partition coefficient (Wildman–Crippen LogP) is 3.37. The number of rotatable bonds is 6. The first-order valence-corrected chi connectivity index (χ1v) is 6.72. The molecule has 0 fully saturated rings. The van der Waals surface area contributed by atoms with Crippen LogP contribution in [-0.2, 0) is 13.6 Å². The topological polar surface area (TPSA) is 39.1 Å². The highest BCUT2D eigenvalue weighted by molar-refractivity contribution is 6.30. The molecule has 0 unspecified atom stereocenters. The second-order valence-corrected chi connectivity index (χ2v) is 4.82. The van der Waals surface area contributed by atoms with E-state index in [4.69, 9.17) is 16.3 Å². The first-order valence-electron chi connectivity index (χ1n) is 6.34. The highest BCUT2D eigenvalue weighted by Crippen LogP contribution is 2.28. The predicted molar refractivity (Wildman–Crippen MR) is 76.7 cm³/mol. The van der Waals surface area contributed by atoms with E-state index in [0.717, 1.165) is 30.8 Å². The molecule has 1 N–H and O–H groups in total. The van der Waals surface area contributed by atoms with Crippen LogP contribution in [0.25, 0.3) is 0 Å². The zero-order valence-corrected chi connectivity index (χ0v) is 11.9. The number of nitrogens with one attached hydrogen (secondary N) is 1. The molecule has 102 valence electrons. The fourth-order valence-electron chi connectivity index (χ4n) is 1.75. The van der Waals surface area contributed by atoms with E-state index in [-0.39, 0.29) is 0 Å². The zero-order chi connectivity index (χ0) is 13.7. The van der Waals surface area contributed by atoms with Crippen molar-refractivity contribution in [3.8, 4) is 11.5 Å². The number of aryl methyl sites for hydroxylation is 1. The van der Waals surface area contributed by atoms with Crippen molar-refractivity contribution in [2.24, 2.45) is 7.05 Å². The van der Waals surface area contributed by atoms with E-state index < -0.39 is 0 Å². The van der Waals surface area contributed by atoms with Gasteiger partial charge in [0.15, 0.2) is 5.75 Å². The summed E-state index contributed by atoms with van der Waals surface area (Å²) >= 11 is 6.03. The molecule has 0 amide bonds. The molecule has 0 aliphatic rings. The standard InChI is InChI=1S/C14H18ClN3O/c1-3-6-16-8-11-4-5-12(15)7-14(11)19-13-9-17-18(2)10-13/h4-5,7,9-10,16H,3,6,8H2,1-2H3. The van der Waals surface area contributed by atoms with Crippen molar-refractivity contribution in [3.63, 3.8) is 0 Å². The maximum atomic E-state index is 6.03. The van der Waals surface area contributed by atoms with Gasteiger partial charge in [0.05, 0.1) is 12.4 Å². The van der Waals surface area contributed by atoms with Crippen molar-refractivity contribution in [1.82, 2.24) is 15.1 Å². The van der Waals surface area contributed by atoms with Gasteiger partial charge in [-0.1, -0.05) is 24.6 Å². The van der Waals surface area contributed by atoms with Crippen molar-refractivity contribution < 1.29 is 4.74 Å². The summed E-state index contributed by atoms with van der Waals surface area (Å²) in [4.78, 5) is 0. The third-order valence-corrected chi connectivity index (χ3v) is 2.92. The van der Waals surface area contributed by atoms with Crippen molar-refractivity contribution in [2.75, 3.05) is 6.54 Å². The fraction of sp³-hybridized carbons (Fsp3) is 0.357. The molecule has 0 spiro atoms. The van der Waals surface area contributed by atoms with Gasteiger partial charge in [-0.3, -0.25) is 4.68 Å². The van der Waals surface area contributed by atoms with Crippen LogP contribution in [0.2, 0.25) is 5.02 Å². The van der Waals surface area contributed by atoms with Gasteiger partial charge in [0.25, 0.3) is 0 Å². The summed E-state index contributed by atoms with van der Waals surface area (Å²) in [6, 6.07) is 5.69. The lowest BCUT2D eigenvalue weighted by atomic mass is 10.2. The van der Waals surface area contributed by atoms with Crippen molar-refractivity contribution >= 4 is 11.6 Å². The summed E-state index contributed by atoms with van der Waals surface area (Å²) in [5, 5.41) is 8.11. The van der Waals surface area contributed by atoms with Crippen molar-refractivity contribution in [2.45, 2.75) is 19.9 Å². The van der Waals surface area contributed by atoms with Gasteiger partial charge in [0.1, 0.15) is 5.75 Å². The Morgan fingerprint density at radius 1 is 1.42 bits per heavy atom. The molecule has 5 heteroatoms. The molecule has 1 aromatic heterocycles. The monoisotopic (exact) mass is 279 g/mol. The lowest BCUT2D eigenvalue weighted by molar-refractivity contribution is 0.472. The highest BCUT2D eigenvalue weighted by Gasteiger charge is 2.07. The molecule has 19 heavy (non-hydrogen) atoms. The Bertz CT molecular complexity index is 539. The summed E-state index contributed by atoms with van der Waals surface area (Å²) < 4.78 is 7.54. The largest absolute Gasteiger partial charge is 0.454 e. The van der Waals surface area contributed by atoms with Crippen LogP contribution in [-0.4, -0.2) is 16.3 Å². The first-order chi connectivity index (χ1) is 9.19. The van der Waals surface area contributed by atoms with Gasteiger partial charge in [-0.05, 0) is 25.1 Å². The Morgan fingerprint density at radius 2 is 2.26 bits per heavy atom. The highest BCUT2D eigenvalue weighted by atomic mass is 35.5. The fourth-order valence-corrected chi connectivity index (χ4v) is 1.91. The molecule has 2 aromatic rings. The van der Waals surface area contributed by atoms with Crippen LogP contribution in [0.3, 0.4) is 0 Å². The number of halogens is 1. The van der Waals surface area contributed by atoms with Gasteiger partial charge >= 0.3 is 0 Å². The van der Waals surface area contributed by atoms with Crippen LogP contribution in [0, 0.1) is 0 Å². The summed E-state index contributed by atoms with van der Waals surface area (Å²) in [6.45, 7) is 3.89. The van der Waals surface area contributed by atoms with E-state index in [1.165, 1.54) is 0 Å². The summed E-state index contributed by atoms with van der Waals surface area (Å²) in [5.74, 6) is 1.48. The second-order valence-electron chi connectivity index (χ2n) is 4.38. The van der Waals surface area contributed by atoms with Gasteiger partial charge in [0.2, 0.25) is 0 Å². The van der Waals surface area contributed by atoms with Crippen LogP contribution < -0.4 is 10.1 Å². The van der Waals surface area contributed by atoms with Gasteiger partial charge in [-0.15, -0.1) is 0 Å². The molecule has 0 aliphatic carbocycles. The number of hydrogen-bond donors (Lipinski definition) is 1. The molecule has 2 rings (SSSR count). The summed E-state index contributed by atoms with van der Waals surface area (Å²) in [5.41, 5.74) is 1.08. The number of nitrogens with zero attached hydrogens (tertiary/aromatic N) is 2. The molecule has 0 bridgehead atoms. The molecule has 0 radical (unpaired) electrons. The molecule has 0 saturated carbocycles. The van der Waals surface area contributed by atoms with Crippen LogP contribution >= 0.6 is 11.6 Å². The molecule has 1 aromatic carbocycles. The molecular weight excluding hydrogens is 262 g/mol. The molecule has 0 atom stereocenters. The Kier molecular flexibility index (Phi) is 4.82. The van der Waals surface area contributed by atoms with Crippen LogP contribution in [0.15, 0.2) is 30.6 Å². The van der Waals surface area contributed by atoms with E-state index in [9.17, 15) is 0 Å². The van der Waals surface area contributed by atoms with Crippen LogP contribution in [0.4, 0.5) is 0 Å². The third kappa shape index (κ3) is 3.98. The third-order valence-electron chi connectivity index (χ3n) is 2.68. The molecule has 4 nitrogen and oxygen atoms in total. The number of benzene rings is 1. The van der Waals surface area contributed by atoms with Gasteiger partial charge in [-0.25, -0.2) is 0 Å². The number of aromatic nitrogens is 2. The first kappa shape index (κ1) is 13.9. The number of ether oxygens (including phenoxy) is 1. The quantitative estimate of drug-likeness (QED) is 0.824. The van der Waals surface area contributed by atoms with E-state index in [0.29, 0.717) is 10.8 Å². The number of hydrogen-bond acceptors (Lipinski definition) is 3. The van der Waals surface area contributed by atoms with Crippen molar-refractivity contribution in [3.05, 3.63) is 41.2 Å². The Labute approximate surface area is 118 Å². The SMILES string of the molecule is CCCNCc1ccc(Cl)cc1Oc1cnn(C)c1. The van der Waals surface area contributed by atoms with Crippen LogP contribution in [0.1, 0.15) is 18.9 Å². The van der Waals surface area contributed by atoms with E-state index in [2.05, 4.69) is 17.3 Å². The average Bonchev–Trinajstić information content (AvgIpc) is 2.78. The average molecular weight is 280 g/mol. The van der Waals surface area contributed by atoms with Gasteiger partial charge < -0.3 is 10.1 Å². The normalized spacial score (nSPS) is 10.7. The van der Waals surface area contributed by atoms with Crippen LogP contribution in [0.5, 0.6) is 11.5 Å². The van der Waals surface area contributed by atoms with Crippen molar-refractivity contribution in [1.29, 1.82) is 0 Å². The van der Waals surface area contributed by atoms with Gasteiger partial charge in [0, 0.05) is 24.2 Å².